The van der Waals surface area contributed by atoms with Crippen LogP contribution in [0.1, 0.15) is 10.5 Å². The lowest BCUT2D eigenvalue weighted by Crippen LogP contribution is -2.16. The van der Waals surface area contributed by atoms with Crippen LogP contribution < -0.4 is 16.0 Å². The molecule has 0 atom stereocenters. The second kappa shape index (κ2) is 5.19. The summed E-state index contributed by atoms with van der Waals surface area (Å²) < 4.78 is 6.30. The number of aromatic amines is 1. The van der Waals surface area contributed by atoms with Gasteiger partial charge in [0.2, 0.25) is 0 Å². The number of carbonyl (C=O) groups excluding carboxylic acids is 1. The van der Waals surface area contributed by atoms with Gasteiger partial charge in [-0.1, -0.05) is 17.7 Å². The molecule has 7 nitrogen and oxygen atoms in total. The Bertz CT molecular complexity index is 945. The molecule has 1 amide bonds. The van der Waals surface area contributed by atoms with Crippen LogP contribution in [0.4, 0.5) is 0 Å². The van der Waals surface area contributed by atoms with Gasteiger partial charge in [-0.25, -0.2) is 9.50 Å². The van der Waals surface area contributed by atoms with E-state index in [9.17, 15) is 9.59 Å². The number of rotatable bonds is 3. The quantitative estimate of drug-likeness (QED) is 0.763. The van der Waals surface area contributed by atoms with E-state index in [-0.39, 0.29) is 11.3 Å². The molecule has 0 unspecified atom stereocenters. The van der Waals surface area contributed by atoms with Crippen molar-refractivity contribution >= 4 is 23.2 Å². The van der Waals surface area contributed by atoms with Gasteiger partial charge >= 0.3 is 0 Å². The van der Waals surface area contributed by atoms with Crippen LogP contribution >= 0.6 is 11.6 Å². The van der Waals surface area contributed by atoms with E-state index in [0.29, 0.717) is 27.7 Å². The van der Waals surface area contributed by atoms with Gasteiger partial charge in [-0.2, -0.15) is 0 Å². The predicted molar refractivity (Wildman–Crippen MR) is 81.3 cm³/mol. The van der Waals surface area contributed by atoms with Crippen LogP contribution in [0, 0.1) is 0 Å². The number of benzene rings is 1. The molecule has 0 saturated carbocycles. The van der Waals surface area contributed by atoms with Gasteiger partial charge in [-0.3, -0.25) is 14.7 Å². The summed E-state index contributed by atoms with van der Waals surface area (Å²) in [6.45, 7) is 0. The molecule has 8 heteroatoms. The van der Waals surface area contributed by atoms with Crippen molar-refractivity contribution in [3.05, 3.63) is 51.4 Å². The second-order valence-corrected chi connectivity index (χ2v) is 4.96. The summed E-state index contributed by atoms with van der Waals surface area (Å²) in [5.74, 6) is -0.187. The molecule has 2 heterocycles. The van der Waals surface area contributed by atoms with Crippen LogP contribution in [0.2, 0.25) is 5.02 Å². The average Bonchev–Trinajstić information content (AvgIpc) is 2.92. The molecule has 0 radical (unpaired) electrons. The van der Waals surface area contributed by atoms with Gasteiger partial charge in [-0.15, -0.1) is 0 Å². The van der Waals surface area contributed by atoms with E-state index in [2.05, 4.69) is 10.1 Å². The van der Waals surface area contributed by atoms with Crippen molar-refractivity contribution in [2.45, 2.75) is 0 Å². The number of halogens is 1. The predicted octanol–water partition coefficient (Wildman–Crippen LogP) is 1.45. The Morgan fingerprint density at radius 3 is 2.82 bits per heavy atom. The molecule has 2 aromatic heterocycles. The first-order valence-corrected chi connectivity index (χ1v) is 6.64. The van der Waals surface area contributed by atoms with Crippen molar-refractivity contribution < 1.29 is 9.53 Å². The molecule has 0 saturated heterocycles. The number of H-pyrrole nitrogens is 1. The fourth-order valence-electron chi connectivity index (χ4n) is 2.08. The van der Waals surface area contributed by atoms with Crippen LogP contribution in [0.5, 0.6) is 5.75 Å². The van der Waals surface area contributed by atoms with E-state index in [1.807, 2.05) is 0 Å². The lowest BCUT2D eigenvalue weighted by molar-refractivity contribution is 0.0995. The lowest BCUT2D eigenvalue weighted by Gasteiger charge is -2.06. The number of ether oxygens (including phenoxy) is 1. The van der Waals surface area contributed by atoms with Gasteiger partial charge in [0.25, 0.3) is 11.5 Å². The summed E-state index contributed by atoms with van der Waals surface area (Å²) in [6, 6.07) is 7.83. The zero-order valence-electron chi connectivity index (χ0n) is 11.5. The average molecular weight is 319 g/mol. The highest BCUT2D eigenvalue weighted by atomic mass is 35.5. The number of aromatic nitrogens is 3. The van der Waals surface area contributed by atoms with Crippen molar-refractivity contribution in [2.24, 2.45) is 5.73 Å². The number of nitrogens with one attached hydrogen (secondary N) is 1. The molecule has 3 rings (SSSR count). The third-order valence-electron chi connectivity index (χ3n) is 3.16. The number of hydrogen-bond donors (Lipinski definition) is 2. The molecule has 3 N–H and O–H groups in total. The molecule has 0 aliphatic heterocycles. The lowest BCUT2D eigenvalue weighted by atomic mass is 10.1. The fourth-order valence-corrected chi connectivity index (χ4v) is 2.28. The molecule has 1 aromatic carbocycles. The number of hydrogen-bond acceptors (Lipinski definition) is 4. The second-order valence-electron chi connectivity index (χ2n) is 4.56. The molecule has 22 heavy (non-hydrogen) atoms. The Balaban J connectivity index is 2.19. The fraction of sp³-hybridized carbons (Fsp3) is 0.0714. The Hall–Kier alpha value is -2.80. The summed E-state index contributed by atoms with van der Waals surface area (Å²) in [5, 5.41) is 3.05. The maximum absolute atomic E-state index is 12.1. The minimum atomic E-state index is -0.667. The van der Waals surface area contributed by atoms with E-state index in [0.717, 1.165) is 4.52 Å². The van der Waals surface area contributed by atoms with Gasteiger partial charge in [0.15, 0.2) is 5.65 Å². The topological polar surface area (TPSA) is 102 Å². The molecule has 0 spiro atoms. The number of nitrogens with two attached hydrogens (primary N) is 1. The van der Waals surface area contributed by atoms with Crippen molar-refractivity contribution in [3.8, 4) is 17.0 Å². The van der Waals surface area contributed by atoms with E-state index in [4.69, 9.17) is 22.1 Å². The molecule has 0 fully saturated rings. The van der Waals surface area contributed by atoms with Gasteiger partial charge in [-0.05, 0) is 12.1 Å². The number of amides is 1. The third kappa shape index (κ3) is 2.31. The summed E-state index contributed by atoms with van der Waals surface area (Å²) in [7, 11) is 1.50. The highest BCUT2D eigenvalue weighted by Gasteiger charge is 2.11. The number of primary amides is 1. The summed E-state index contributed by atoms with van der Waals surface area (Å²) in [5.41, 5.74) is 6.34. The highest BCUT2D eigenvalue weighted by molar-refractivity contribution is 6.32. The Kier molecular flexibility index (Phi) is 3.34. The zero-order chi connectivity index (χ0) is 15.9. The highest BCUT2D eigenvalue weighted by Crippen LogP contribution is 2.29. The van der Waals surface area contributed by atoms with Crippen LogP contribution in [0.3, 0.4) is 0 Å². The van der Waals surface area contributed by atoms with E-state index in [1.54, 1.807) is 18.2 Å². The minimum Gasteiger partial charge on any atom is -0.495 e. The summed E-state index contributed by atoms with van der Waals surface area (Å²) >= 11 is 5.98. The van der Waals surface area contributed by atoms with Crippen molar-refractivity contribution in [3.63, 3.8) is 0 Å². The first-order valence-electron chi connectivity index (χ1n) is 6.26. The largest absolute Gasteiger partial charge is 0.495 e. The first-order chi connectivity index (χ1) is 10.5. The van der Waals surface area contributed by atoms with Crippen molar-refractivity contribution in [1.29, 1.82) is 0 Å². The van der Waals surface area contributed by atoms with Gasteiger partial charge in [0.05, 0.1) is 17.8 Å². The molecular formula is C14H11ClN4O3. The van der Waals surface area contributed by atoms with Crippen LogP contribution in [-0.4, -0.2) is 27.6 Å². The molecule has 112 valence electrons. The van der Waals surface area contributed by atoms with E-state index < -0.39 is 5.91 Å². The number of methoxy groups -OCH3 is 1. The van der Waals surface area contributed by atoms with Crippen molar-refractivity contribution in [2.75, 3.05) is 7.11 Å². The van der Waals surface area contributed by atoms with Gasteiger partial charge in [0, 0.05) is 17.7 Å². The maximum atomic E-state index is 12.1. The van der Waals surface area contributed by atoms with Gasteiger partial charge in [0.1, 0.15) is 11.4 Å². The smallest absolute Gasteiger partial charge is 0.273 e. The monoisotopic (exact) mass is 318 g/mol. The van der Waals surface area contributed by atoms with Crippen LogP contribution in [0.25, 0.3) is 16.9 Å². The van der Waals surface area contributed by atoms with Gasteiger partial charge < -0.3 is 10.5 Å². The molecule has 0 bridgehead atoms. The number of nitrogens with zero attached hydrogens (tertiary/aromatic N) is 2. The Morgan fingerprint density at radius 1 is 1.36 bits per heavy atom. The summed E-state index contributed by atoms with van der Waals surface area (Å²) in [6.07, 6.45) is 0. The minimum absolute atomic E-state index is 0.107. The van der Waals surface area contributed by atoms with Crippen molar-refractivity contribution in [1.82, 2.24) is 14.6 Å². The van der Waals surface area contributed by atoms with Crippen LogP contribution in [0.15, 0.2) is 35.1 Å². The molecule has 3 aromatic rings. The summed E-state index contributed by atoms with van der Waals surface area (Å²) in [4.78, 5) is 27.6. The number of carbonyl (C=O) groups is 1. The maximum Gasteiger partial charge on any atom is 0.273 e. The first kappa shape index (κ1) is 14.2. The molecule has 0 aliphatic rings. The Labute approximate surface area is 129 Å². The zero-order valence-corrected chi connectivity index (χ0v) is 12.2. The number of fused-ring (bicyclic) bond motifs is 1. The van der Waals surface area contributed by atoms with E-state index in [1.165, 1.54) is 19.2 Å². The third-order valence-corrected chi connectivity index (χ3v) is 3.47. The SMILES string of the molecule is COc1cc(-c2cc(=O)n3[nH]c(C(N)=O)cc3n2)ccc1Cl. The normalized spacial score (nSPS) is 10.8. The van der Waals surface area contributed by atoms with E-state index >= 15 is 0 Å². The van der Waals surface area contributed by atoms with Crippen LogP contribution in [-0.2, 0) is 0 Å². The standard InChI is InChI=1S/C14H11ClN4O3/c1-22-11-4-7(2-3-8(11)15)9-6-13(20)19-12(17-9)5-10(18-19)14(16)21/h2-6,18H,1H3,(H2,16,21). The molecular weight excluding hydrogens is 308 g/mol. The molecule has 0 aliphatic carbocycles. The Morgan fingerprint density at radius 2 is 2.14 bits per heavy atom.